The van der Waals surface area contributed by atoms with E-state index in [0.717, 1.165) is 22.4 Å². The normalized spacial score (nSPS) is 12.0. The van der Waals surface area contributed by atoms with Crippen LogP contribution in [-0.4, -0.2) is 40.0 Å². The van der Waals surface area contributed by atoms with E-state index in [0.29, 0.717) is 25.5 Å². The van der Waals surface area contributed by atoms with Gasteiger partial charge in [-0.2, -0.15) is 11.8 Å². The molecule has 158 valence electrons. The summed E-state index contributed by atoms with van der Waals surface area (Å²) in [6.45, 7) is 1.01. The predicted molar refractivity (Wildman–Crippen MR) is 120 cm³/mol. The summed E-state index contributed by atoms with van der Waals surface area (Å²) in [6, 6.07) is 14.0. The van der Waals surface area contributed by atoms with Gasteiger partial charge in [0.1, 0.15) is 5.82 Å². The van der Waals surface area contributed by atoms with Gasteiger partial charge in [-0.15, -0.1) is 0 Å². The van der Waals surface area contributed by atoms with Crippen molar-refractivity contribution < 1.29 is 12.8 Å². The van der Waals surface area contributed by atoms with Crippen LogP contribution in [0.3, 0.4) is 0 Å². The van der Waals surface area contributed by atoms with Crippen molar-refractivity contribution in [2.24, 2.45) is 4.99 Å². The largest absolute Gasteiger partial charge is 0.356 e. The Morgan fingerprint density at radius 3 is 2.55 bits per heavy atom. The average molecular weight is 438 g/mol. The highest BCUT2D eigenvalue weighted by molar-refractivity contribution is 7.97. The van der Waals surface area contributed by atoms with E-state index in [1.165, 1.54) is 6.07 Å². The molecule has 0 aliphatic carbocycles. The molecule has 5 nitrogen and oxygen atoms in total. The maximum absolute atomic E-state index is 13.5. The first-order valence-corrected chi connectivity index (χ1v) is 12.6. The zero-order valence-corrected chi connectivity index (χ0v) is 18.5. The first-order chi connectivity index (χ1) is 13.9. The molecular formula is C21H28FN3O2S2. The van der Waals surface area contributed by atoms with Gasteiger partial charge in [0.15, 0.2) is 15.8 Å². The number of benzene rings is 2. The lowest BCUT2D eigenvalue weighted by Gasteiger charge is -2.14. The van der Waals surface area contributed by atoms with Crippen molar-refractivity contribution in [3.63, 3.8) is 0 Å². The molecule has 0 aliphatic rings. The standard InChI is InChI=1S/C21H28FN3O2S2/c1-23-21(25-14-18-9-10-20(22)13-19(18)15-28-2)24-11-6-12-29(26,27)16-17-7-4-3-5-8-17/h3-5,7-10,13H,6,11-12,14-16H2,1-2H3,(H2,23,24,25). The summed E-state index contributed by atoms with van der Waals surface area (Å²) in [6.07, 6.45) is 2.47. The van der Waals surface area contributed by atoms with Gasteiger partial charge in [0, 0.05) is 25.9 Å². The van der Waals surface area contributed by atoms with Crippen LogP contribution in [0.2, 0.25) is 0 Å². The van der Waals surface area contributed by atoms with Gasteiger partial charge < -0.3 is 10.6 Å². The van der Waals surface area contributed by atoms with Crippen molar-refractivity contribution in [3.8, 4) is 0 Å². The van der Waals surface area contributed by atoms with E-state index in [9.17, 15) is 12.8 Å². The molecule has 2 N–H and O–H groups in total. The third-order valence-corrected chi connectivity index (χ3v) is 6.58. The van der Waals surface area contributed by atoms with Crippen molar-refractivity contribution in [2.75, 3.05) is 25.6 Å². The summed E-state index contributed by atoms with van der Waals surface area (Å²) in [5.41, 5.74) is 2.76. The van der Waals surface area contributed by atoms with Gasteiger partial charge in [0.2, 0.25) is 0 Å². The summed E-state index contributed by atoms with van der Waals surface area (Å²) >= 11 is 1.64. The fourth-order valence-electron chi connectivity index (χ4n) is 2.86. The molecule has 0 saturated heterocycles. The molecule has 0 fully saturated rings. The molecule has 0 aromatic heterocycles. The molecule has 0 heterocycles. The Balaban J connectivity index is 1.78. The van der Waals surface area contributed by atoms with Crippen molar-refractivity contribution in [2.45, 2.75) is 24.5 Å². The van der Waals surface area contributed by atoms with Gasteiger partial charge in [0.25, 0.3) is 0 Å². The molecule has 8 heteroatoms. The van der Waals surface area contributed by atoms with Crippen LogP contribution in [0.25, 0.3) is 0 Å². The first-order valence-electron chi connectivity index (χ1n) is 9.38. The number of aliphatic imine (C=N–C) groups is 1. The van der Waals surface area contributed by atoms with E-state index in [-0.39, 0.29) is 17.3 Å². The highest BCUT2D eigenvalue weighted by Gasteiger charge is 2.12. The highest BCUT2D eigenvalue weighted by Crippen LogP contribution is 2.16. The van der Waals surface area contributed by atoms with E-state index < -0.39 is 9.84 Å². The first kappa shape index (κ1) is 23.2. The van der Waals surface area contributed by atoms with Crippen molar-refractivity contribution >= 4 is 27.6 Å². The summed E-state index contributed by atoms with van der Waals surface area (Å²) in [5.74, 6) is 1.26. The number of rotatable bonds is 10. The molecule has 2 rings (SSSR count). The summed E-state index contributed by atoms with van der Waals surface area (Å²) in [5, 5.41) is 6.33. The van der Waals surface area contributed by atoms with Gasteiger partial charge >= 0.3 is 0 Å². The Bertz CT molecular complexity index is 903. The molecule has 2 aromatic carbocycles. The van der Waals surface area contributed by atoms with Gasteiger partial charge in [-0.25, -0.2) is 12.8 Å². The van der Waals surface area contributed by atoms with Crippen LogP contribution in [-0.2, 0) is 27.9 Å². The van der Waals surface area contributed by atoms with Crippen molar-refractivity contribution in [3.05, 3.63) is 71.0 Å². The molecule has 29 heavy (non-hydrogen) atoms. The molecule has 0 aliphatic heterocycles. The van der Waals surface area contributed by atoms with Crippen LogP contribution in [0.5, 0.6) is 0 Å². The third kappa shape index (κ3) is 8.45. The van der Waals surface area contributed by atoms with E-state index in [4.69, 9.17) is 0 Å². The molecule has 0 radical (unpaired) electrons. The number of guanidine groups is 1. The van der Waals surface area contributed by atoms with Gasteiger partial charge in [-0.1, -0.05) is 36.4 Å². The highest BCUT2D eigenvalue weighted by atomic mass is 32.2. The van der Waals surface area contributed by atoms with Crippen LogP contribution in [0, 0.1) is 5.82 Å². The number of hydrogen-bond donors (Lipinski definition) is 2. The second-order valence-electron chi connectivity index (χ2n) is 6.63. The fraction of sp³-hybridized carbons (Fsp3) is 0.381. The maximum Gasteiger partial charge on any atom is 0.191 e. The SMILES string of the molecule is CN=C(NCCCS(=O)(=O)Cc1ccccc1)NCc1ccc(F)cc1CSC. The zero-order valence-electron chi connectivity index (χ0n) is 16.8. The monoisotopic (exact) mass is 437 g/mol. The Morgan fingerprint density at radius 2 is 1.86 bits per heavy atom. The predicted octanol–water partition coefficient (Wildman–Crippen LogP) is 3.36. The number of nitrogens with zero attached hydrogens (tertiary/aromatic N) is 1. The van der Waals surface area contributed by atoms with Crippen LogP contribution < -0.4 is 10.6 Å². The second kappa shape index (κ2) is 11.8. The van der Waals surface area contributed by atoms with E-state index >= 15 is 0 Å². The number of hydrogen-bond acceptors (Lipinski definition) is 4. The molecular weight excluding hydrogens is 409 g/mol. The minimum absolute atomic E-state index is 0.0591. The quantitative estimate of drug-likeness (QED) is 0.339. The van der Waals surface area contributed by atoms with Crippen molar-refractivity contribution in [1.82, 2.24) is 10.6 Å². The third-order valence-electron chi connectivity index (χ3n) is 4.29. The number of nitrogens with one attached hydrogen (secondary N) is 2. The van der Waals surface area contributed by atoms with Crippen LogP contribution in [0.1, 0.15) is 23.1 Å². The summed E-state index contributed by atoms with van der Waals surface area (Å²) in [4.78, 5) is 4.16. The number of halogens is 1. The zero-order chi connectivity index (χ0) is 21.1. The molecule has 2 aromatic rings. The van der Waals surface area contributed by atoms with Gasteiger partial charge in [0.05, 0.1) is 11.5 Å². The Morgan fingerprint density at radius 1 is 1.10 bits per heavy atom. The molecule has 0 bridgehead atoms. The molecule has 0 amide bonds. The fourth-order valence-corrected chi connectivity index (χ4v) is 4.86. The molecule has 0 unspecified atom stereocenters. The molecule has 0 saturated carbocycles. The lowest BCUT2D eigenvalue weighted by atomic mass is 10.1. The summed E-state index contributed by atoms with van der Waals surface area (Å²) < 4.78 is 38.0. The van der Waals surface area contributed by atoms with Gasteiger partial charge in [-0.3, -0.25) is 4.99 Å². The minimum Gasteiger partial charge on any atom is -0.356 e. The van der Waals surface area contributed by atoms with E-state index in [1.807, 2.05) is 36.6 Å². The molecule has 0 atom stereocenters. The maximum atomic E-state index is 13.5. The van der Waals surface area contributed by atoms with Crippen LogP contribution in [0.15, 0.2) is 53.5 Å². The van der Waals surface area contributed by atoms with Crippen molar-refractivity contribution in [1.29, 1.82) is 0 Å². The minimum atomic E-state index is -3.15. The lowest BCUT2D eigenvalue weighted by Crippen LogP contribution is -2.38. The number of thioether (sulfide) groups is 1. The summed E-state index contributed by atoms with van der Waals surface area (Å²) in [7, 11) is -1.49. The van der Waals surface area contributed by atoms with Crippen LogP contribution in [0.4, 0.5) is 4.39 Å². The smallest absolute Gasteiger partial charge is 0.191 e. The van der Waals surface area contributed by atoms with E-state index in [1.54, 1.807) is 30.9 Å². The van der Waals surface area contributed by atoms with Gasteiger partial charge in [-0.05, 0) is 41.5 Å². The van der Waals surface area contributed by atoms with E-state index in [2.05, 4.69) is 15.6 Å². The average Bonchev–Trinajstić information content (AvgIpc) is 2.69. The Kier molecular flexibility index (Phi) is 9.47. The van der Waals surface area contributed by atoms with Crippen LogP contribution >= 0.6 is 11.8 Å². The Hall–Kier alpha value is -2.06. The lowest BCUT2D eigenvalue weighted by molar-refractivity contribution is 0.591. The Labute approximate surface area is 177 Å². The molecule has 0 spiro atoms. The second-order valence-corrected chi connectivity index (χ2v) is 9.68. The topological polar surface area (TPSA) is 70.6 Å². The number of sulfone groups is 1.